The van der Waals surface area contributed by atoms with Crippen molar-refractivity contribution in [2.75, 3.05) is 47.5 Å². The predicted molar refractivity (Wildman–Crippen MR) is 63.9 cm³/mol. The molecular weight excluding hydrogens is 220 g/mol. The minimum absolute atomic E-state index is 0.0792. The maximum absolute atomic E-state index is 11.8. The lowest BCUT2D eigenvalue weighted by molar-refractivity contribution is -0.120. The molecule has 2 heterocycles. The van der Waals surface area contributed by atoms with Crippen LogP contribution in [0, 0.1) is 5.92 Å². The largest absolute Gasteiger partial charge is 0.385 e. The molecule has 17 heavy (non-hydrogen) atoms. The van der Waals surface area contributed by atoms with Crippen LogP contribution in [0.3, 0.4) is 0 Å². The van der Waals surface area contributed by atoms with Gasteiger partial charge >= 0.3 is 6.03 Å². The first-order chi connectivity index (χ1) is 8.09. The number of hydrogen-bond donors (Lipinski definition) is 0. The van der Waals surface area contributed by atoms with Gasteiger partial charge in [0.15, 0.2) is 0 Å². The number of nitrogens with zero attached hydrogens (tertiary/aromatic N) is 2. The van der Waals surface area contributed by atoms with Gasteiger partial charge < -0.3 is 19.3 Å². The monoisotopic (exact) mass is 242 g/mol. The Morgan fingerprint density at radius 3 is 2.82 bits per heavy atom. The van der Waals surface area contributed by atoms with Crippen LogP contribution in [-0.2, 0) is 9.47 Å². The minimum Gasteiger partial charge on any atom is -0.385 e. The van der Waals surface area contributed by atoms with Gasteiger partial charge in [-0.25, -0.2) is 4.79 Å². The van der Waals surface area contributed by atoms with Crippen molar-refractivity contribution < 1.29 is 14.3 Å². The van der Waals surface area contributed by atoms with Crippen LogP contribution in [0.2, 0.25) is 0 Å². The zero-order chi connectivity index (χ0) is 12.5. The van der Waals surface area contributed by atoms with Crippen molar-refractivity contribution in [3.63, 3.8) is 0 Å². The van der Waals surface area contributed by atoms with E-state index in [4.69, 9.17) is 9.47 Å². The molecule has 0 aliphatic carbocycles. The van der Waals surface area contributed by atoms with Gasteiger partial charge in [0.1, 0.15) is 5.60 Å². The van der Waals surface area contributed by atoms with Crippen LogP contribution in [0.1, 0.15) is 12.8 Å². The Balaban J connectivity index is 1.88. The number of amides is 2. The highest BCUT2D eigenvalue weighted by Crippen LogP contribution is 2.41. The molecule has 0 aromatic heterocycles. The van der Waals surface area contributed by atoms with Crippen LogP contribution < -0.4 is 0 Å². The number of urea groups is 1. The molecule has 0 saturated carbocycles. The molecule has 5 nitrogen and oxygen atoms in total. The molecule has 0 bridgehead atoms. The second-order valence-electron chi connectivity index (χ2n) is 5.21. The highest BCUT2D eigenvalue weighted by molar-refractivity contribution is 5.75. The average molecular weight is 242 g/mol. The number of likely N-dealkylation sites (tertiary alicyclic amines) is 1. The summed E-state index contributed by atoms with van der Waals surface area (Å²) < 4.78 is 11.0. The summed E-state index contributed by atoms with van der Waals surface area (Å²) in [5.41, 5.74) is -0.0792. The molecule has 2 rings (SSSR count). The van der Waals surface area contributed by atoms with E-state index in [0.717, 1.165) is 39.1 Å². The Morgan fingerprint density at radius 1 is 1.53 bits per heavy atom. The van der Waals surface area contributed by atoms with Crippen molar-refractivity contribution in [1.82, 2.24) is 9.80 Å². The Kier molecular flexibility index (Phi) is 3.58. The van der Waals surface area contributed by atoms with Gasteiger partial charge in [0.25, 0.3) is 0 Å². The molecule has 1 spiro atoms. The normalized spacial score (nSPS) is 26.1. The molecule has 0 aromatic carbocycles. The van der Waals surface area contributed by atoms with E-state index in [1.54, 1.807) is 26.1 Å². The van der Waals surface area contributed by atoms with E-state index in [2.05, 4.69) is 0 Å². The maximum atomic E-state index is 11.8. The van der Waals surface area contributed by atoms with Gasteiger partial charge in [-0.15, -0.1) is 0 Å². The summed E-state index contributed by atoms with van der Waals surface area (Å²) in [6.07, 6.45) is 2.12. The molecule has 0 radical (unpaired) electrons. The van der Waals surface area contributed by atoms with E-state index < -0.39 is 0 Å². The summed E-state index contributed by atoms with van der Waals surface area (Å²) in [6, 6.07) is 0.0802. The first-order valence-electron chi connectivity index (χ1n) is 6.18. The topological polar surface area (TPSA) is 42.0 Å². The summed E-state index contributed by atoms with van der Waals surface area (Å²) in [4.78, 5) is 15.2. The third-order valence-corrected chi connectivity index (χ3v) is 3.84. The molecule has 0 unspecified atom stereocenters. The van der Waals surface area contributed by atoms with Crippen molar-refractivity contribution >= 4 is 6.03 Å². The van der Waals surface area contributed by atoms with E-state index in [1.165, 1.54) is 0 Å². The van der Waals surface area contributed by atoms with Gasteiger partial charge in [0.2, 0.25) is 0 Å². The smallest absolute Gasteiger partial charge is 0.319 e. The number of carbonyl (C=O) groups is 1. The lowest BCUT2D eigenvalue weighted by Crippen LogP contribution is -2.67. The summed E-state index contributed by atoms with van der Waals surface area (Å²) in [5, 5.41) is 0. The van der Waals surface area contributed by atoms with E-state index in [-0.39, 0.29) is 11.6 Å². The molecule has 0 aromatic rings. The molecule has 0 N–H and O–H groups in total. The molecule has 2 amide bonds. The zero-order valence-corrected chi connectivity index (χ0v) is 10.9. The van der Waals surface area contributed by atoms with E-state index >= 15 is 0 Å². The molecule has 2 aliphatic heterocycles. The molecule has 98 valence electrons. The highest BCUT2D eigenvalue weighted by atomic mass is 16.5. The Labute approximate surface area is 103 Å². The van der Waals surface area contributed by atoms with Crippen LogP contribution in [0.5, 0.6) is 0 Å². The number of hydrogen-bond acceptors (Lipinski definition) is 3. The van der Waals surface area contributed by atoms with Crippen LogP contribution in [0.15, 0.2) is 0 Å². The number of carbonyl (C=O) groups excluding carboxylic acids is 1. The van der Waals surface area contributed by atoms with Crippen molar-refractivity contribution in [3.8, 4) is 0 Å². The van der Waals surface area contributed by atoms with E-state index in [1.807, 2.05) is 4.90 Å². The van der Waals surface area contributed by atoms with E-state index in [0.29, 0.717) is 5.92 Å². The summed E-state index contributed by atoms with van der Waals surface area (Å²) in [7, 11) is 5.29. The number of rotatable bonds is 3. The van der Waals surface area contributed by atoms with E-state index in [9.17, 15) is 4.79 Å². The standard InChI is InChI=1S/C12H22N2O3/c1-13(2)11(15)14-8-12(9-14)10(4-6-16-3)5-7-17-12/h10H,4-9H2,1-3H3/t10-/m0/s1. The average Bonchev–Trinajstić information content (AvgIpc) is 2.66. The summed E-state index contributed by atoms with van der Waals surface area (Å²) in [5.74, 6) is 0.536. The SMILES string of the molecule is COCC[C@H]1CCOC12CN(C(=O)N(C)C)C2. The summed E-state index contributed by atoms with van der Waals surface area (Å²) >= 11 is 0. The first kappa shape index (κ1) is 12.6. The molecule has 1 atom stereocenters. The van der Waals surface area contributed by atoms with Gasteiger partial charge in [-0.05, 0) is 18.8 Å². The predicted octanol–water partition coefficient (Wildman–Crippen LogP) is 0.795. The second-order valence-corrected chi connectivity index (χ2v) is 5.21. The lowest BCUT2D eigenvalue weighted by Gasteiger charge is -2.50. The second kappa shape index (κ2) is 4.82. The Bertz CT molecular complexity index is 287. The molecule has 2 fully saturated rings. The van der Waals surface area contributed by atoms with Crippen molar-refractivity contribution in [2.24, 2.45) is 5.92 Å². The quantitative estimate of drug-likeness (QED) is 0.735. The van der Waals surface area contributed by atoms with Crippen molar-refractivity contribution in [1.29, 1.82) is 0 Å². The molecule has 5 heteroatoms. The third kappa shape index (κ3) is 2.26. The number of ether oxygens (including phenoxy) is 2. The van der Waals surface area contributed by atoms with Crippen LogP contribution in [-0.4, -0.2) is 68.9 Å². The fraction of sp³-hybridized carbons (Fsp3) is 0.917. The molecule has 2 saturated heterocycles. The lowest BCUT2D eigenvalue weighted by atomic mass is 9.79. The van der Waals surface area contributed by atoms with Gasteiger partial charge in [0.05, 0.1) is 13.1 Å². The fourth-order valence-electron chi connectivity index (χ4n) is 2.82. The van der Waals surface area contributed by atoms with Gasteiger partial charge in [-0.2, -0.15) is 0 Å². The third-order valence-electron chi connectivity index (χ3n) is 3.84. The number of methoxy groups -OCH3 is 1. The van der Waals surface area contributed by atoms with Crippen LogP contribution in [0.25, 0.3) is 0 Å². The zero-order valence-electron chi connectivity index (χ0n) is 10.9. The van der Waals surface area contributed by atoms with Crippen molar-refractivity contribution in [2.45, 2.75) is 18.4 Å². The first-order valence-corrected chi connectivity index (χ1v) is 6.18. The fourth-order valence-corrected chi connectivity index (χ4v) is 2.82. The minimum atomic E-state index is -0.0792. The van der Waals surface area contributed by atoms with Gasteiger partial charge in [-0.1, -0.05) is 0 Å². The van der Waals surface area contributed by atoms with Gasteiger partial charge in [0, 0.05) is 34.4 Å². The molecular formula is C12H22N2O3. The van der Waals surface area contributed by atoms with Crippen LogP contribution in [0.4, 0.5) is 4.79 Å². The highest BCUT2D eigenvalue weighted by Gasteiger charge is 2.54. The maximum Gasteiger partial charge on any atom is 0.319 e. The van der Waals surface area contributed by atoms with Gasteiger partial charge in [-0.3, -0.25) is 0 Å². The Morgan fingerprint density at radius 2 is 2.24 bits per heavy atom. The Hall–Kier alpha value is -0.810. The van der Waals surface area contributed by atoms with Crippen LogP contribution >= 0.6 is 0 Å². The van der Waals surface area contributed by atoms with Crippen molar-refractivity contribution in [3.05, 3.63) is 0 Å². The molecule has 2 aliphatic rings. The summed E-state index contributed by atoms with van der Waals surface area (Å²) in [6.45, 7) is 3.06.